The van der Waals surface area contributed by atoms with Crippen LogP contribution in [0.5, 0.6) is 0 Å². The van der Waals surface area contributed by atoms with Gasteiger partial charge in [-0.1, -0.05) is 6.92 Å². The molecule has 0 aliphatic heterocycles. The fraction of sp³-hybridized carbons (Fsp3) is 0.889. The Kier molecular flexibility index (Phi) is 2.66. The fourth-order valence-electron chi connectivity index (χ4n) is 1.54. The van der Waals surface area contributed by atoms with Crippen molar-refractivity contribution >= 4 is 5.78 Å². The smallest absolute Gasteiger partial charge is 0.133 e. The molecule has 64 valence electrons. The molecule has 0 atom stereocenters. The number of carbonyl (C=O) groups excluding carboxylic acids is 1. The van der Waals surface area contributed by atoms with E-state index in [9.17, 15) is 4.79 Å². The molecule has 1 saturated carbocycles. The first-order valence-electron chi connectivity index (χ1n) is 4.35. The zero-order valence-corrected chi connectivity index (χ0v) is 7.63. The number of hydrogen-bond acceptors (Lipinski definition) is 2. The van der Waals surface area contributed by atoms with Crippen molar-refractivity contribution in [3.8, 4) is 0 Å². The molecule has 1 rings (SSSR count). The van der Waals surface area contributed by atoms with Gasteiger partial charge in [0.25, 0.3) is 0 Å². The highest BCUT2D eigenvalue weighted by Gasteiger charge is 2.33. The lowest BCUT2D eigenvalue weighted by Gasteiger charge is -2.39. The van der Waals surface area contributed by atoms with E-state index in [1.165, 1.54) is 0 Å². The zero-order valence-electron chi connectivity index (χ0n) is 7.63. The maximum absolute atomic E-state index is 10.9. The minimum absolute atomic E-state index is 0.366. The highest BCUT2D eigenvalue weighted by molar-refractivity contribution is 5.79. The fourth-order valence-corrected chi connectivity index (χ4v) is 1.54. The van der Waals surface area contributed by atoms with Gasteiger partial charge in [0.2, 0.25) is 0 Å². The van der Waals surface area contributed by atoms with Crippen molar-refractivity contribution in [1.29, 1.82) is 0 Å². The number of ketones is 1. The first-order chi connectivity index (χ1) is 5.15. The van der Waals surface area contributed by atoms with Gasteiger partial charge in [-0.2, -0.15) is 0 Å². The molecule has 1 aliphatic rings. The Hall–Kier alpha value is -0.370. The average Bonchev–Trinajstić information content (AvgIpc) is 1.83. The van der Waals surface area contributed by atoms with Crippen LogP contribution in [0, 0.1) is 5.92 Å². The van der Waals surface area contributed by atoms with Crippen molar-refractivity contribution in [2.24, 2.45) is 5.92 Å². The minimum atomic E-state index is 0.366. The van der Waals surface area contributed by atoms with Crippen molar-refractivity contribution in [3.05, 3.63) is 0 Å². The molecular formula is C9H17NO. The van der Waals surface area contributed by atoms with Crippen LogP contribution in [-0.4, -0.2) is 30.3 Å². The van der Waals surface area contributed by atoms with Crippen LogP contribution in [0.4, 0.5) is 0 Å². The molecule has 0 aromatic heterocycles. The third kappa shape index (κ3) is 1.80. The van der Waals surface area contributed by atoms with Crippen LogP contribution in [0.15, 0.2) is 0 Å². The molecule has 0 aromatic rings. The van der Waals surface area contributed by atoms with Crippen LogP contribution >= 0.6 is 0 Å². The van der Waals surface area contributed by atoms with E-state index < -0.39 is 0 Å². The summed E-state index contributed by atoms with van der Waals surface area (Å²) in [7, 11) is 2.13. The molecule has 0 spiro atoms. The van der Waals surface area contributed by atoms with Crippen LogP contribution < -0.4 is 0 Å². The van der Waals surface area contributed by atoms with Crippen LogP contribution in [0.1, 0.15) is 26.7 Å². The maximum Gasteiger partial charge on any atom is 0.133 e. The van der Waals surface area contributed by atoms with E-state index in [0.29, 0.717) is 17.7 Å². The molecule has 0 N–H and O–H groups in total. The van der Waals surface area contributed by atoms with E-state index in [2.05, 4.69) is 18.9 Å². The summed E-state index contributed by atoms with van der Waals surface area (Å²) in [5.41, 5.74) is 0. The lowest BCUT2D eigenvalue weighted by Crippen LogP contribution is -2.44. The van der Waals surface area contributed by atoms with E-state index in [1.54, 1.807) is 6.92 Å². The van der Waals surface area contributed by atoms with Gasteiger partial charge in [0.1, 0.15) is 5.78 Å². The van der Waals surface area contributed by atoms with Gasteiger partial charge in [-0.3, -0.25) is 4.79 Å². The molecule has 0 unspecified atom stereocenters. The summed E-state index contributed by atoms with van der Waals surface area (Å²) in [6.07, 6.45) is 2.17. The summed E-state index contributed by atoms with van der Waals surface area (Å²) in [6, 6.07) is 0.675. The molecule has 2 heteroatoms. The third-order valence-corrected chi connectivity index (χ3v) is 2.81. The summed E-state index contributed by atoms with van der Waals surface area (Å²) in [4.78, 5) is 13.2. The molecule has 0 radical (unpaired) electrons. The van der Waals surface area contributed by atoms with Gasteiger partial charge >= 0.3 is 0 Å². The second kappa shape index (κ2) is 3.35. The molecule has 0 bridgehead atoms. The van der Waals surface area contributed by atoms with Gasteiger partial charge in [-0.15, -0.1) is 0 Å². The Labute approximate surface area is 68.6 Å². The summed E-state index contributed by atoms with van der Waals surface area (Å²) in [5.74, 6) is 0.736. The van der Waals surface area contributed by atoms with Crippen LogP contribution in [0.25, 0.3) is 0 Å². The molecule has 2 nitrogen and oxygen atoms in total. The Bertz CT molecular complexity index is 150. The Morgan fingerprint density at radius 3 is 2.45 bits per heavy atom. The van der Waals surface area contributed by atoms with E-state index in [0.717, 1.165) is 19.4 Å². The molecule has 1 fully saturated rings. The van der Waals surface area contributed by atoms with Gasteiger partial charge in [0, 0.05) is 12.0 Å². The number of rotatable bonds is 3. The molecule has 0 amide bonds. The first kappa shape index (κ1) is 8.72. The molecule has 11 heavy (non-hydrogen) atoms. The van der Waals surface area contributed by atoms with Crippen molar-refractivity contribution in [3.63, 3.8) is 0 Å². The van der Waals surface area contributed by atoms with Gasteiger partial charge < -0.3 is 4.90 Å². The second-order valence-corrected chi connectivity index (χ2v) is 3.51. The normalized spacial score (nSPS) is 30.2. The number of hydrogen-bond donors (Lipinski definition) is 0. The van der Waals surface area contributed by atoms with Gasteiger partial charge in [-0.25, -0.2) is 0 Å². The minimum Gasteiger partial charge on any atom is -0.304 e. The van der Waals surface area contributed by atoms with Gasteiger partial charge in [0.05, 0.1) is 0 Å². The van der Waals surface area contributed by atoms with Crippen LogP contribution in [0.3, 0.4) is 0 Å². The molecule has 1 aliphatic carbocycles. The molecule has 0 heterocycles. The lowest BCUT2D eigenvalue weighted by atomic mass is 9.77. The molecular weight excluding hydrogens is 138 g/mol. The zero-order chi connectivity index (χ0) is 8.43. The second-order valence-electron chi connectivity index (χ2n) is 3.51. The van der Waals surface area contributed by atoms with Crippen molar-refractivity contribution in [2.75, 3.05) is 13.6 Å². The lowest BCUT2D eigenvalue weighted by molar-refractivity contribution is -0.125. The Morgan fingerprint density at radius 1 is 1.55 bits per heavy atom. The molecule has 0 saturated heterocycles. The summed E-state index contributed by atoms with van der Waals surface area (Å²) in [6.45, 7) is 4.95. The number of Topliss-reactive ketones (excluding diaryl/α,β-unsaturated/α-hetero) is 1. The molecule has 0 aromatic carbocycles. The monoisotopic (exact) mass is 155 g/mol. The van der Waals surface area contributed by atoms with E-state index in [4.69, 9.17) is 0 Å². The first-order valence-corrected chi connectivity index (χ1v) is 4.35. The average molecular weight is 155 g/mol. The van der Waals surface area contributed by atoms with Crippen LogP contribution in [0.2, 0.25) is 0 Å². The summed E-state index contributed by atoms with van der Waals surface area (Å²) < 4.78 is 0. The standard InChI is InChI=1S/C9H17NO/c1-4-10(3)9-5-8(6-9)7(2)11/h8-9H,4-6H2,1-3H3. The SMILES string of the molecule is CCN(C)C1CC(C(C)=O)C1. The van der Waals surface area contributed by atoms with Crippen molar-refractivity contribution in [1.82, 2.24) is 4.90 Å². The van der Waals surface area contributed by atoms with Crippen molar-refractivity contribution in [2.45, 2.75) is 32.7 Å². The van der Waals surface area contributed by atoms with E-state index in [1.807, 2.05) is 0 Å². The van der Waals surface area contributed by atoms with E-state index >= 15 is 0 Å². The Morgan fingerprint density at radius 2 is 2.09 bits per heavy atom. The third-order valence-electron chi connectivity index (χ3n) is 2.81. The largest absolute Gasteiger partial charge is 0.304 e. The predicted molar refractivity (Wildman–Crippen MR) is 45.5 cm³/mol. The van der Waals surface area contributed by atoms with Gasteiger partial charge in [0.15, 0.2) is 0 Å². The summed E-state index contributed by atoms with van der Waals surface area (Å²) in [5, 5.41) is 0. The van der Waals surface area contributed by atoms with Gasteiger partial charge in [-0.05, 0) is 33.4 Å². The maximum atomic E-state index is 10.9. The highest BCUT2D eigenvalue weighted by atomic mass is 16.1. The number of carbonyl (C=O) groups is 1. The highest BCUT2D eigenvalue weighted by Crippen LogP contribution is 2.31. The topological polar surface area (TPSA) is 20.3 Å². The van der Waals surface area contributed by atoms with Crippen LogP contribution in [-0.2, 0) is 4.79 Å². The van der Waals surface area contributed by atoms with E-state index in [-0.39, 0.29) is 0 Å². The summed E-state index contributed by atoms with van der Waals surface area (Å²) >= 11 is 0. The predicted octanol–water partition coefficient (Wildman–Crippen LogP) is 1.31. The van der Waals surface area contributed by atoms with Crippen molar-refractivity contribution < 1.29 is 4.79 Å². The Balaban J connectivity index is 2.23. The number of nitrogens with zero attached hydrogens (tertiary/aromatic N) is 1. The quantitative estimate of drug-likeness (QED) is 0.612.